The number of carbonyl (C=O) groups is 2. The van der Waals surface area contributed by atoms with Gasteiger partial charge in [-0.05, 0) is 35.9 Å². The highest BCUT2D eigenvalue weighted by molar-refractivity contribution is 6.14. The van der Waals surface area contributed by atoms with Gasteiger partial charge in [0.2, 0.25) is 0 Å². The van der Waals surface area contributed by atoms with Crippen molar-refractivity contribution in [2.45, 2.75) is 6.10 Å². The lowest BCUT2D eigenvalue weighted by Gasteiger charge is -2.37. The van der Waals surface area contributed by atoms with E-state index < -0.39 is 18.0 Å². The van der Waals surface area contributed by atoms with E-state index in [0.717, 1.165) is 42.5 Å². The van der Waals surface area contributed by atoms with Crippen LogP contribution >= 0.6 is 0 Å². The molecule has 1 atom stereocenters. The molecule has 2 saturated heterocycles. The number of hydrogen-bond donors (Lipinski definition) is 2. The summed E-state index contributed by atoms with van der Waals surface area (Å²) in [6.45, 7) is 3.36. The Labute approximate surface area is 210 Å². The summed E-state index contributed by atoms with van der Waals surface area (Å²) >= 11 is 0. The second-order valence-corrected chi connectivity index (χ2v) is 8.63. The third-order valence-electron chi connectivity index (χ3n) is 6.34. The number of carbonyl (C=O) groups excluding carboxylic acids is 2. The molecule has 36 heavy (non-hydrogen) atoms. The Balaban J connectivity index is 1.32. The van der Waals surface area contributed by atoms with Crippen LogP contribution in [0.2, 0.25) is 0 Å². The van der Waals surface area contributed by atoms with Gasteiger partial charge in [-0.15, -0.1) is 0 Å². The zero-order chi connectivity index (χ0) is 25.7. The fourth-order valence-electron chi connectivity index (χ4n) is 4.48. The Morgan fingerprint density at radius 3 is 2.31 bits per heavy atom. The normalized spacial score (nSPS) is 18.4. The van der Waals surface area contributed by atoms with Crippen LogP contribution in [0.25, 0.3) is 6.08 Å². The van der Waals surface area contributed by atoms with Crippen LogP contribution in [0.5, 0.6) is 17.2 Å². The SMILES string of the molecule is COc1ccc(C=C2NC(=O)N(CC(O)CN3CCN(c4ccccc4OC)CC3)C2=O)cc1OC. The molecule has 2 aromatic rings. The molecule has 1 unspecified atom stereocenters. The number of amides is 3. The molecule has 0 aromatic heterocycles. The van der Waals surface area contributed by atoms with E-state index in [9.17, 15) is 14.7 Å². The van der Waals surface area contributed by atoms with Crippen LogP contribution in [0.3, 0.4) is 0 Å². The number of piperazine rings is 1. The maximum Gasteiger partial charge on any atom is 0.329 e. The van der Waals surface area contributed by atoms with Gasteiger partial charge in [0.05, 0.1) is 39.7 Å². The molecule has 192 valence electrons. The number of β-amino-alcohol motifs (C(OH)–C–C–N with tert-alkyl or cyclic N) is 1. The third kappa shape index (κ3) is 5.55. The van der Waals surface area contributed by atoms with Gasteiger partial charge in [-0.1, -0.05) is 18.2 Å². The van der Waals surface area contributed by atoms with E-state index in [1.165, 1.54) is 7.11 Å². The molecule has 2 aliphatic heterocycles. The monoisotopic (exact) mass is 496 g/mol. The van der Waals surface area contributed by atoms with Crippen molar-refractivity contribution in [2.75, 3.05) is 65.5 Å². The second kappa shape index (κ2) is 11.3. The van der Waals surface area contributed by atoms with Crippen molar-refractivity contribution in [1.29, 1.82) is 0 Å². The minimum absolute atomic E-state index is 0.0827. The van der Waals surface area contributed by atoms with Crippen LogP contribution < -0.4 is 24.4 Å². The summed E-state index contributed by atoms with van der Waals surface area (Å²) in [6.07, 6.45) is 0.712. The number of aliphatic hydroxyl groups is 1. The van der Waals surface area contributed by atoms with Crippen LogP contribution in [-0.2, 0) is 4.79 Å². The Morgan fingerprint density at radius 2 is 1.61 bits per heavy atom. The molecule has 2 aromatic carbocycles. The first-order valence-electron chi connectivity index (χ1n) is 11.8. The topological polar surface area (TPSA) is 104 Å². The van der Waals surface area contributed by atoms with Crippen molar-refractivity contribution in [3.05, 3.63) is 53.7 Å². The number of hydrogen-bond acceptors (Lipinski definition) is 8. The van der Waals surface area contributed by atoms with E-state index in [1.807, 2.05) is 24.3 Å². The fraction of sp³-hybridized carbons (Fsp3) is 0.385. The number of methoxy groups -OCH3 is 3. The molecule has 0 bridgehead atoms. The number of nitrogens with zero attached hydrogens (tertiary/aromatic N) is 3. The number of anilines is 1. The number of imide groups is 1. The Morgan fingerprint density at radius 1 is 0.917 bits per heavy atom. The molecule has 0 radical (unpaired) electrons. The molecule has 2 aliphatic rings. The minimum atomic E-state index is -0.863. The van der Waals surface area contributed by atoms with E-state index in [-0.39, 0.29) is 12.2 Å². The molecule has 10 nitrogen and oxygen atoms in total. The van der Waals surface area contributed by atoms with Crippen LogP contribution in [0.4, 0.5) is 10.5 Å². The Bertz CT molecular complexity index is 1130. The second-order valence-electron chi connectivity index (χ2n) is 8.63. The van der Waals surface area contributed by atoms with Gasteiger partial charge < -0.3 is 29.5 Å². The lowest BCUT2D eigenvalue weighted by Crippen LogP contribution is -2.50. The number of para-hydroxylation sites is 2. The predicted octanol–water partition coefficient (Wildman–Crippen LogP) is 1.79. The predicted molar refractivity (Wildman–Crippen MR) is 135 cm³/mol. The van der Waals surface area contributed by atoms with E-state index in [1.54, 1.807) is 38.5 Å². The molecular formula is C26H32N4O6. The smallest absolute Gasteiger partial charge is 0.329 e. The largest absolute Gasteiger partial charge is 0.495 e. The highest BCUT2D eigenvalue weighted by atomic mass is 16.5. The first kappa shape index (κ1) is 25.3. The quantitative estimate of drug-likeness (QED) is 0.400. The Hall–Kier alpha value is -3.76. The molecule has 2 fully saturated rings. The van der Waals surface area contributed by atoms with Gasteiger partial charge in [0.1, 0.15) is 11.4 Å². The summed E-state index contributed by atoms with van der Waals surface area (Å²) in [6, 6.07) is 12.6. The third-order valence-corrected chi connectivity index (χ3v) is 6.34. The summed E-state index contributed by atoms with van der Waals surface area (Å²) < 4.78 is 16.0. The maximum absolute atomic E-state index is 12.9. The fourth-order valence-corrected chi connectivity index (χ4v) is 4.48. The number of ether oxygens (including phenoxy) is 3. The van der Waals surface area contributed by atoms with Gasteiger partial charge in [0.25, 0.3) is 5.91 Å². The van der Waals surface area contributed by atoms with E-state index in [2.05, 4.69) is 15.1 Å². The number of urea groups is 1. The van der Waals surface area contributed by atoms with Crippen molar-refractivity contribution in [2.24, 2.45) is 0 Å². The zero-order valence-corrected chi connectivity index (χ0v) is 20.8. The summed E-state index contributed by atoms with van der Waals surface area (Å²) in [4.78, 5) is 30.8. The average Bonchev–Trinajstić information content (AvgIpc) is 3.16. The van der Waals surface area contributed by atoms with Crippen molar-refractivity contribution >= 4 is 23.7 Å². The molecule has 3 amide bonds. The maximum atomic E-state index is 12.9. The van der Waals surface area contributed by atoms with E-state index >= 15 is 0 Å². The zero-order valence-electron chi connectivity index (χ0n) is 20.8. The number of rotatable bonds is 9. The molecule has 10 heteroatoms. The van der Waals surface area contributed by atoms with Crippen molar-refractivity contribution in [1.82, 2.24) is 15.1 Å². The molecule has 2 N–H and O–H groups in total. The lowest BCUT2D eigenvalue weighted by atomic mass is 10.1. The molecule has 2 heterocycles. The van der Waals surface area contributed by atoms with Crippen molar-refractivity contribution in [3.63, 3.8) is 0 Å². The molecule has 4 rings (SSSR count). The standard InChI is InChI=1S/C26H32N4O6/c1-34-22-7-5-4-6-21(22)29-12-10-28(11-13-29)16-19(31)17-30-25(32)20(27-26(30)33)14-18-8-9-23(35-2)24(15-18)36-3/h4-9,14-15,19,31H,10-13,16-17H2,1-3H3,(H,27,33). The van der Waals surface area contributed by atoms with Crippen molar-refractivity contribution in [3.8, 4) is 17.2 Å². The molecular weight excluding hydrogens is 464 g/mol. The minimum Gasteiger partial charge on any atom is -0.495 e. The van der Waals surface area contributed by atoms with Gasteiger partial charge >= 0.3 is 6.03 Å². The first-order valence-corrected chi connectivity index (χ1v) is 11.8. The lowest BCUT2D eigenvalue weighted by molar-refractivity contribution is -0.124. The highest BCUT2D eigenvalue weighted by Crippen LogP contribution is 2.29. The summed E-state index contributed by atoms with van der Waals surface area (Å²) in [5, 5.41) is 13.3. The molecule has 0 spiro atoms. The Kier molecular flexibility index (Phi) is 7.97. The van der Waals surface area contributed by atoms with Gasteiger partial charge in [-0.3, -0.25) is 14.6 Å². The summed E-state index contributed by atoms with van der Waals surface area (Å²) in [7, 11) is 4.73. The van der Waals surface area contributed by atoms with Crippen LogP contribution in [0.15, 0.2) is 48.2 Å². The number of nitrogens with one attached hydrogen (secondary N) is 1. The average molecular weight is 497 g/mol. The highest BCUT2D eigenvalue weighted by Gasteiger charge is 2.35. The van der Waals surface area contributed by atoms with Gasteiger partial charge in [-0.2, -0.15) is 0 Å². The molecule has 0 saturated carbocycles. The van der Waals surface area contributed by atoms with Crippen molar-refractivity contribution < 1.29 is 28.9 Å². The van der Waals surface area contributed by atoms with Gasteiger partial charge in [-0.25, -0.2) is 4.79 Å². The molecule has 0 aliphatic carbocycles. The van der Waals surface area contributed by atoms with Gasteiger partial charge in [0, 0.05) is 32.7 Å². The number of benzene rings is 2. The van der Waals surface area contributed by atoms with Crippen LogP contribution in [0, 0.1) is 0 Å². The van der Waals surface area contributed by atoms with Gasteiger partial charge in [0.15, 0.2) is 11.5 Å². The number of aliphatic hydroxyl groups excluding tert-OH is 1. The first-order chi connectivity index (χ1) is 17.4. The summed E-state index contributed by atoms with van der Waals surface area (Å²) in [5.74, 6) is 1.44. The van der Waals surface area contributed by atoms with E-state index in [4.69, 9.17) is 14.2 Å². The summed E-state index contributed by atoms with van der Waals surface area (Å²) in [5.41, 5.74) is 1.87. The van der Waals surface area contributed by atoms with Crippen LogP contribution in [0.1, 0.15) is 5.56 Å². The van der Waals surface area contributed by atoms with E-state index in [0.29, 0.717) is 23.6 Å². The van der Waals surface area contributed by atoms with Crippen LogP contribution in [-0.4, -0.2) is 93.5 Å².